The summed E-state index contributed by atoms with van der Waals surface area (Å²) in [5.74, 6) is 0.879. The molecule has 1 aromatic carbocycles. The van der Waals surface area contributed by atoms with Crippen LogP contribution >= 0.6 is 0 Å². The van der Waals surface area contributed by atoms with E-state index < -0.39 is 0 Å². The van der Waals surface area contributed by atoms with Crippen molar-refractivity contribution in [3.05, 3.63) is 36.1 Å². The standard InChI is InChI=1S/C15H22O2/c1-12(2)16-10-9-13-7-6-8-14(11-13)17-15(3,4)5/h6-12H,1-5H3. The van der Waals surface area contributed by atoms with Gasteiger partial charge in [-0.3, -0.25) is 0 Å². The Hall–Kier alpha value is -1.44. The largest absolute Gasteiger partial charge is 0.499 e. The van der Waals surface area contributed by atoms with Gasteiger partial charge in [0.25, 0.3) is 0 Å². The zero-order valence-corrected chi connectivity index (χ0v) is 11.4. The van der Waals surface area contributed by atoms with Gasteiger partial charge in [-0.15, -0.1) is 0 Å². The summed E-state index contributed by atoms with van der Waals surface area (Å²) in [5, 5.41) is 0. The predicted octanol–water partition coefficient (Wildman–Crippen LogP) is 4.26. The third-order valence-electron chi connectivity index (χ3n) is 1.89. The minimum absolute atomic E-state index is 0.170. The highest BCUT2D eigenvalue weighted by molar-refractivity contribution is 5.50. The molecule has 0 spiro atoms. The van der Waals surface area contributed by atoms with Crippen LogP contribution in [0.3, 0.4) is 0 Å². The van der Waals surface area contributed by atoms with Crippen LogP contribution in [0.1, 0.15) is 40.2 Å². The fourth-order valence-electron chi connectivity index (χ4n) is 1.31. The highest BCUT2D eigenvalue weighted by atomic mass is 16.5. The molecule has 0 aliphatic carbocycles. The summed E-state index contributed by atoms with van der Waals surface area (Å²) in [6.07, 6.45) is 3.87. The summed E-state index contributed by atoms with van der Waals surface area (Å²) < 4.78 is 11.2. The molecule has 2 nitrogen and oxygen atoms in total. The average Bonchev–Trinajstić information content (AvgIpc) is 2.14. The van der Waals surface area contributed by atoms with E-state index in [1.807, 2.05) is 65.0 Å². The first-order valence-electron chi connectivity index (χ1n) is 5.98. The maximum Gasteiger partial charge on any atom is 0.120 e. The van der Waals surface area contributed by atoms with Gasteiger partial charge in [0.2, 0.25) is 0 Å². The molecule has 0 saturated carbocycles. The number of hydrogen-bond acceptors (Lipinski definition) is 2. The molecule has 0 aliphatic heterocycles. The van der Waals surface area contributed by atoms with Crippen molar-refractivity contribution in [1.82, 2.24) is 0 Å². The molecule has 17 heavy (non-hydrogen) atoms. The van der Waals surface area contributed by atoms with Crippen LogP contribution in [0.25, 0.3) is 6.08 Å². The normalized spacial score (nSPS) is 12.1. The molecule has 0 saturated heterocycles. The minimum Gasteiger partial charge on any atom is -0.499 e. The van der Waals surface area contributed by atoms with Gasteiger partial charge in [0, 0.05) is 0 Å². The molecule has 0 radical (unpaired) electrons. The first kappa shape index (κ1) is 13.6. The number of rotatable bonds is 4. The third-order valence-corrected chi connectivity index (χ3v) is 1.89. The lowest BCUT2D eigenvalue weighted by atomic mass is 10.1. The van der Waals surface area contributed by atoms with Gasteiger partial charge in [-0.2, -0.15) is 0 Å². The van der Waals surface area contributed by atoms with Gasteiger partial charge in [-0.1, -0.05) is 12.1 Å². The van der Waals surface area contributed by atoms with Crippen LogP contribution in [0, 0.1) is 0 Å². The smallest absolute Gasteiger partial charge is 0.120 e. The number of ether oxygens (including phenoxy) is 2. The highest BCUT2D eigenvalue weighted by Gasteiger charge is 2.11. The Balaban J connectivity index is 2.69. The molecule has 0 N–H and O–H groups in total. The second-order valence-electron chi connectivity index (χ2n) is 5.27. The lowest BCUT2D eigenvalue weighted by molar-refractivity contribution is 0.131. The Labute approximate surface area is 104 Å². The molecule has 0 unspecified atom stereocenters. The molecule has 0 aliphatic rings. The summed E-state index contributed by atoms with van der Waals surface area (Å²) in [6.45, 7) is 10.1. The molecular formula is C15H22O2. The Morgan fingerprint density at radius 2 is 1.88 bits per heavy atom. The van der Waals surface area contributed by atoms with Gasteiger partial charge < -0.3 is 9.47 Å². The highest BCUT2D eigenvalue weighted by Crippen LogP contribution is 2.19. The van der Waals surface area contributed by atoms with E-state index in [4.69, 9.17) is 9.47 Å². The summed E-state index contributed by atoms with van der Waals surface area (Å²) in [5.41, 5.74) is 0.906. The number of benzene rings is 1. The summed E-state index contributed by atoms with van der Waals surface area (Å²) >= 11 is 0. The zero-order valence-electron chi connectivity index (χ0n) is 11.4. The second-order valence-corrected chi connectivity index (χ2v) is 5.27. The first-order valence-corrected chi connectivity index (χ1v) is 5.98. The van der Waals surface area contributed by atoms with Gasteiger partial charge in [-0.05, 0) is 58.4 Å². The Kier molecular flexibility index (Phi) is 4.62. The van der Waals surface area contributed by atoms with Crippen molar-refractivity contribution in [3.63, 3.8) is 0 Å². The predicted molar refractivity (Wildman–Crippen MR) is 72.1 cm³/mol. The van der Waals surface area contributed by atoms with Gasteiger partial charge in [0.1, 0.15) is 11.4 Å². The van der Waals surface area contributed by atoms with Crippen molar-refractivity contribution in [2.24, 2.45) is 0 Å². The van der Waals surface area contributed by atoms with Crippen molar-refractivity contribution in [2.45, 2.75) is 46.3 Å². The average molecular weight is 234 g/mol. The van der Waals surface area contributed by atoms with E-state index in [1.54, 1.807) is 6.26 Å². The fraction of sp³-hybridized carbons (Fsp3) is 0.467. The van der Waals surface area contributed by atoms with Crippen LogP contribution < -0.4 is 4.74 Å². The maximum absolute atomic E-state index is 5.80. The van der Waals surface area contributed by atoms with Gasteiger partial charge in [0.15, 0.2) is 0 Å². The molecule has 2 heteroatoms. The maximum atomic E-state index is 5.80. The van der Waals surface area contributed by atoms with E-state index in [0.717, 1.165) is 11.3 Å². The van der Waals surface area contributed by atoms with Crippen molar-refractivity contribution < 1.29 is 9.47 Å². The SMILES string of the molecule is CC(C)OC=Cc1cccc(OC(C)(C)C)c1. The molecule has 1 rings (SSSR count). The Morgan fingerprint density at radius 1 is 1.18 bits per heavy atom. The molecule has 1 aromatic rings. The monoisotopic (exact) mass is 234 g/mol. The molecule has 0 fully saturated rings. The van der Waals surface area contributed by atoms with E-state index in [-0.39, 0.29) is 11.7 Å². The lowest BCUT2D eigenvalue weighted by Crippen LogP contribution is -2.22. The van der Waals surface area contributed by atoms with Crippen molar-refractivity contribution in [1.29, 1.82) is 0 Å². The molecule has 0 amide bonds. The first-order chi connectivity index (χ1) is 7.87. The van der Waals surface area contributed by atoms with Crippen LogP contribution in [0.2, 0.25) is 0 Å². The molecule has 0 heterocycles. The third kappa shape index (κ3) is 6.00. The van der Waals surface area contributed by atoms with Gasteiger partial charge in [-0.25, -0.2) is 0 Å². The van der Waals surface area contributed by atoms with E-state index >= 15 is 0 Å². The van der Waals surface area contributed by atoms with E-state index in [1.165, 1.54) is 0 Å². The summed E-state index contributed by atoms with van der Waals surface area (Å²) in [4.78, 5) is 0. The van der Waals surface area contributed by atoms with Crippen LogP contribution in [0.4, 0.5) is 0 Å². The fourth-order valence-corrected chi connectivity index (χ4v) is 1.31. The van der Waals surface area contributed by atoms with Crippen LogP contribution in [0.5, 0.6) is 5.75 Å². The van der Waals surface area contributed by atoms with Gasteiger partial charge in [0.05, 0.1) is 12.4 Å². The van der Waals surface area contributed by atoms with Crippen LogP contribution in [-0.4, -0.2) is 11.7 Å². The summed E-state index contributed by atoms with van der Waals surface area (Å²) in [6, 6.07) is 7.98. The van der Waals surface area contributed by atoms with E-state index in [2.05, 4.69) is 0 Å². The van der Waals surface area contributed by atoms with Crippen LogP contribution in [0.15, 0.2) is 30.5 Å². The zero-order chi connectivity index (χ0) is 12.9. The second kappa shape index (κ2) is 5.76. The van der Waals surface area contributed by atoms with Crippen molar-refractivity contribution in [2.75, 3.05) is 0 Å². The van der Waals surface area contributed by atoms with E-state index in [9.17, 15) is 0 Å². The summed E-state index contributed by atoms with van der Waals surface area (Å²) in [7, 11) is 0. The lowest BCUT2D eigenvalue weighted by Gasteiger charge is -2.21. The molecule has 0 atom stereocenters. The minimum atomic E-state index is -0.170. The quantitative estimate of drug-likeness (QED) is 0.725. The molecule has 0 bridgehead atoms. The Morgan fingerprint density at radius 3 is 2.47 bits per heavy atom. The Bertz CT molecular complexity index is 373. The van der Waals surface area contributed by atoms with Crippen molar-refractivity contribution in [3.8, 4) is 5.75 Å². The molecular weight excluding hydrogens is 212 g/mol. The molecule has 0 aromatic heterocycles. The van der Waals surface area contributed by atoms with Gasteiger partial charge >= 0.3 is 0 Å². The van der Waals surface area contributed by atoms with Crippen molar-refractivity contribution >= 4 is 6.08 Å². The topological polar surface area (TPSA) is 18.5 Å². The van der Waals surface area contributed by atoms with E-state index in [0.29, 0.717) is 0 Å². The van der Waals surface area contributed by atoms with Crippen LogP contribution in [-0.2, 0) is 4.74 Å². The molecule has 94 valence electrons. The number of hydrogen-bond donors (Lipinski definition) is 0.